The minimum Gasteiger partial charge on any atom is -0.497 e. The molecule has 2 aromatic carbocycles. The molecule has 0 radical (unpaired) electrons. The highest BCUT2D eigenvalue weighted by molar-refractivity contribution is 14.0. The first kappa shape index (κ1) is 24.4. The third-order valence-electron chi connectivity index (χ3n) is 5.43. The van der Waals surface area contributed by atoms with Crippen LogP contribution in [-0.2, 0) is 13.1 Å². The first-order valence-corrected chi connectivity index (χ1v) is 10.2. The van der Waals surface area contributed by atoms with Gasteiger partial charge in [-0.15, -0.1) is 24.0 Å². The zero-order valence-corrected chi connectivity index (χ0v) is 20.1. The molecule has 0 bridgehead atoms. The van der Waals surface area contributed by atoms with Crippen LogP contribution in [0.5, 0.6) is 5.75 Å². The molecule has 164 valence electrons. The first-order valence-electron chi connectivity index (χ1n) is 10.2. The maximum absolute atomic E-state index is 13.0. The molecular weight excluding hydrogens is 494 g/mol. The van der Waals surface area contributed by atoms with E-state index in [2.05, 4.69) is 32.7 Å². The van der Waals surface area contributed by atoms with Gasteiger partial charge in [-0.1, -0.05) is 24.3 Å². The van der Waals surface area contributed by atoms with Gasteiger partial charge >= 0.3 is 0 Å². The summed E-state index contributed by atoms with van der Waals surface area (Å²) in [5.41, 5.74) is 2.36. The smallest absolute Gasteiger partial charge is 0.191 e. The summed E-state index contributed by atoms with van der Waals surface area (Å²) < 4.78 is 18.2. The fourth-order valence-corrected chi connectivity index (χ4v) is 3.59. The minimum atomic E-state index is -0.213. The summed E-state index contributed by atoms with van der Waals surface area (Å²) in [6.07, 6.45) is 2.36. The van der Waals surface area contributed by atoms with E-state index in [0.29, 0.717) is 12.5 Å². The van der Waals surface area contributed by atoms with Crippen molar-refractivity contribution >= 4 is 29.9 Å². The summed E-state index contributed by atoms with van der Waals surface area (Å²) in [5.74, 6) is 2.12. The molecule has 0 amide bonds. The average molecular weight is 526 g/mol. The summed E-state index contributed by atoms with van der Waals surface area (Å²) in [6.45, 7) is 4.75. The second kappa shape index (κ2) is 12.7. The predicted molar refractivity (Wildman–Crippen MR) is 131 cm³/mol. The third-order valence-corrected chi connectivity index (χ3v) is 5.43. The molecule has 0 aliphatic carbocycles. The number of nitrogens with zero attached hydrogens (tertiary/aromatic N) is 2. The molecule has 1 aliphatic rings. The van der Waals surface area contributed by atoms with Crippen LogP contribution >= 0.6 is 24.0 Å². The Morgan fingerprint density at radius 1 is 1.03 bits per heavy atom. The number of halogens is 2. The number of guanidine groups is 1. The van der Waals surface area contributed by atoms with E-state index in [4.69, 9.17) is 4.74 Å². The molecule has 1 heterocycles. The molecule has 0 unspecified atom stereocenters. The maximum Gasteiger partial charge on any atom is 0.191 e. The molecule has 1 aliphatic heterocycles. The molecule has 2 N–H and O–H groups in total. The van der Waals surface area contributed by atoms with Gasteiger partial charge in [0, 0.05) is 26.7 Å². The number of hydrogen-bond donors (Lipinski definition) is 2. The van der Waals surface area contributed by atoms with Crippen LogP contribution in [0.4, 0.5) is 4.39 Å². The molecule has 0 atom stereocenters. The Morgan fingerprint density at radius 2 is 1.67 bits per heavy atom. The highest BCUT2D eigenvalue weighted by Gasteiger charge is 2.19. The van der Waals surface area contributed by atoms with Crippen molar-refractivity contribution in [1.29, 1.82) is 0 Å². The Kier molecular flexibility index (Phi) is 10.4. The Morgan fingerprint density at radius 3 is 2.27 bits per heavy atom. The monoisotopic (exact) mass is 526 g/mol. The van der Waals surface area contributed by atoms with E-state index in [1.54, 1.807) is 26.3 Å². The van der Waals surface area contributed by atoms with Crippen molar-refractivity contribution in [3.8, 4) is 5.75 Å². The van der Waals surface area contributed by atoms with Gasteiger partial charge < -0.3 is 15.4 Å². The Hall–Kier alpha value is -1.87. The van der Waals surface area contributed by atoms with Gasteiger partial charge in [0.2, 0.25) is 0 Å². The summed E-state index contributed by atoms with van der Waals surface area (Å²) in [5, 5.41) is 6.72. The zero-order valence-electron chi connectivity index (χ0n) is 17.7. The third kappa shape index (κ3) is 7.75. The molecular formula is C23H32FIN4O. The molecule has 5 nitrogen and oxygen atoms in total. The van der Waals surface area contributed by atoms with Crippen LogP contribution in [0.3, 0.4) is 0 Å². The van der Waals surface area contributed by atoms with E-state index in [1.165, 1.54) is 30.5 Å². The van der Waals surface area contributed by atoms with E-state index in [9.17, 15) is 4.39 Å². The summed E-state index contributed by atoms with van der Waals surface area (Å²) >= 11 is 0. The highest BCUT2D eigenvalue weighted by Crippen LogP contribution is 2.19. The molecule has 1 fully saturated rings. The lowest BCUT2D eigenvalue weighted by atomic mass is 9.96. The molecule has 3 rings (SSSR count). The van der Waals surface area contributed by atoms with E-state index < -0.39 is 0 Å². The van der Waals surface area contributed by atoms with E-state index in [0.717, 1.165) is 43.5 Å². The lowest BCUT2D eigenvalue weighted by molar-refractivity contribution is 0.178. The summed E-state index contributed by atoms with van der Waals surface area (Å²) in [7, 11) is 3.47. The van der Waals surface area contributed by atoms with Crippen molar-refractivity contribution in [2.45, 2.75) is 25.9 Å². The number of ether oxygens (including phenoxy) is 1. The van der Waals surface area contributed by atoms with Crippen LogP contribution in [-0.4, -0.2) is 44.7 Å². The molecule has 1 saturated heterocycles. The van der Waals surface area contributed by atoms with E-state index in [1.807, 2.05) is 12.1 Å². The molecule has 0 aromatic heterocycles. The van der Waals surface area contributed by atoms with Crippen molar-refractivity contribution in [3.63, 3.8) is 0 Å². The summed E-state index contributed by atoms with van der Waals surface area (Å²) in [4.78, 5) is 6.80. The average Bonchev–Trinajstić information content (AvgIpc) is 2.76. The zero-order chi connectivity index (χ0) is 20.5. The van der Waals surface area contributed by atoms with Gasteiger partial charge in [-0.3, -0.25) is 9.89 Å². The fourth-order valence-electron chi connectivity index (χ4n) is 3.59. The van der Waals surface area contributed by atoms with Crippen molar-refractivity contribution in [1.82, 2.24) is 15.5 Å². The summed E-state index contributed by atoms with van der Waals surface area (Å²) in [6, 6.07) is 14.9. The Bertz CT molecular complexity index is 775. The molecule has 2 aromatic rings. The van der Waals surface area contributed by atoms with Crippen molar-refractivity contribution in [2.75, 3.05) is 33.8 Å². The Labute approximate surface area is 196 Å². The van der Waals surface area contributed by atoms with Crippen LogP contribution in [0.2, 0.25) is 0 Å². The minimum absolute atomic E-state index is 0. The van der Waals surface area contributed by atoms with Gasteiger partial charge in [0.25, 0.3) is 0 Å². The number of nitrogens with one attached hydrogen (secondary N) is 2. The topological polar surface area (TPSA) is 48.9 Å². The van der Waals surface area contributed by atoms with Gasteiger partial charge in [-0.25, -0.2) is 4.39 Å². The van der Waals surface area contributed by atoms with Crippen LogP contribution in [0.25, 0.3) is 0 Å². The molecule has 7 heteroatoms. The van der Waals surface area contributed by atoms with Gasteiger partial charge in [0.05, 0.1) is 7.11 Å². The van der Waals surface area contributed by atoms with Crippen LogP contribution in [0.1, 0.15) is 24.0 Å². The second-order valence-electron chi connectivity index (χ2n) is 7.50. The normalized spacial score (nSPS) is 15.4. The molecule has 30 heavy (non-hydrogen) atoms. The number of likely N-dealkylation sites (tertiary alicyclic amines) is 1. The number of aliphatic imine (C=N–C) groups is 1. The van der Waals surface area contributed by atoms with Crippen molar-refractivity contribution < 1.29 is 9.13 Å². The number of benzene rings is 2. The van der Waals surface area contributed by atoms with E-state index in [-0.39, 0.29) is 29.8 Å². The SMILES string of the molecule is CN=C(NCc1ccc(F)cc1)NCC1CCN(Cc2ccc(OC)cc2)CC1.I. The lowest BCUT2D eigenvalue weighted by Crippen LogP contribution is -2.42. The van der Waals surface area contributed by atoms with Gasteiger partial charge in [-0.05, 0) is 67.2 Å². The number of methoxy groups -OCH3 is 1. The van der Waals surface area contributed by atoms with Gasteiger partial charge in [-0.2, -0.15) is 0 Å². The largest absolute Gasteiger partial charge is 0.497 e. The van der Waals surface area contributed by atoms with Gasteiger partial charge in [0.1, 0.15) is 11.6 Å². The van der Waals surface area contributed by atoms with Crippen LogP contribution in [0, 0.1) is 11.7 Å². The number of hydrogen-bond acceptors (Lipinski definition) is 3. The van der Waals surface area contributed by atoms with E-state index >= 15 is 0 Å². The van der Waals surface area contributed by atoms with Crippen molar-refractivity contribution in [2.24, 2.45) is 10.9 Å². The fraction of sp³-hybridized carbons (Fsp3) is 0.435. The molecule has 0 saturated carbocycles. The van der Waals surface area contributed by atoms with Crippen molar-refractivity contribution in [3.05, 3.63) is 65.5 Å². The Balaban J connectivity index is 0.00000320. The quantitative estimate of drug-likeness (QED) is 0.325. The number of rotatable bonds is 7. The second-order valence-corrected chi connectivity index (χ2v) is 7.50. The van der Waals surface area contributed by atoms with Gasteiger partial charge in [0.15, 0.2) is 5.96 Å². The lowest BCUT2D eigenvalue weighted by Gasteiger charge is -2.32. The standard InChI is InChI=1S/C23H31FN4O.HI/c1-25-23(26-15-18-3-7-21(24)8-4-18)27-16-19-11-13-28(14-12-19)17-20-5-9-22(29-2)10-6-20;/h3-10,19H,11-17H2,1-2H3,(H2,25,26,27);1H. The first-order chi connectivity index (χ1) is 14.2. The predicted octanol–water partition coefficient (Wildman–Crippen LogP) is 4.03. The molecule has 0 spiro atoms. The maximum atomic E-state index is 13.0. The van der Waals surface area contributed by atoms with Crippen LogP contribution < -0.4 is 15.4 Å². The highest BCUT2D eigenvalue weighted by atomic mass is 127. The van der Waals surface area contributed by atoms with Crippen LogP contribution in [0.15, 0.2) is 53.5 Å². The number of piperidine rings is 1.